The highest BCUT2D eigenvalue weighted by Gasteiger charge is 2.21. The van der Waals surface area contributed by atoms with Crippen LogP contribution < -0.4 is 5.32 Å². The van der Waals surface area contributed by atoms with Crippen molar-refractivity contribution in [3.05, 3.63) is 35.6 Å². The summed E-state index contributed by atoms with van der Waals surface area (Å²) in [7, 11) is 0. The van der Waals surface area contributed by atoms with Gasteiger partial charge in [0.15, 0.2) is 0 Å². The Hall–Kier alpha value is -1.46. The quantitative estimate of drug-likeness (QED) is 0.754. The van der Waals surface area contributed by atoms with E-state index in [1.807, 2.05) is 0 Å². The highest BCUT2D eigenvalue weighted by Crippen LogP contribution is 2.28. The first-order chi connectivity index (χ1) is 9.63. The number of halogens is 1. The third kappa shape index (κ3) is 5.67. The van der Waals surface area contributed by atoms with Gasteiger partial charge in [0, 0.05) is 13.2 Å². The van der Waals surface area contributed by atoms with Gasteiger partial charge in [-0.05, 0) is 36.5 Å². The molecule has 20 heavy (non-hydrogen) atoms. The van der Waals surface area contributed by atoms with Crippen molar-refractivity contribution in [3.8, 4) is 0 Å². The molecule has 0 spiro atoms. The van der Waals surface area contributed by atoms with Crippen molar-refractivity contribution in [1.29, 1.82) is 0 Å². The number of aliphatic hydroxyl groups is 1. The van der Waals surface area contributed by atoms with Crippen LogP contribution in [0.2, 0.25) is 0 Å². The molecule has 1 aliphatic carbocycles. The molecular formula is C15H20FNO3. The maximum absolute atomic E-state index is 12.7. The van der Waals surface area contributed by atoms with Gasteiger partial charge in [0.05, 0.1) is 19.1 Å². The first-order valence-electron chi connectivity index (χ1n) is 6.90. The number of hydrogen-bond acceptors (Lipinski definition) is 3. The van der Waals surface area contributed by atoms with Crippen LogP contribution in [0.5, 0.6) is 0 Å². The van der Waals surface area contributed by atoms with Gasteiger partial charge in [0.1, 0.15) is 5.82 Å². The zero-order valence-corrected chi connectivity index (χ0v) is 11.3. The molecule has 2 rings (SSSR count). The summed E-state index contributed by atoms with van der Waals surface area (Å²) in [5, 5.41) is 12.3. The minimum absolute atomic E-state index is 0.171. The highest BCUT2D eigenvalue weighted by molar-refractivity contribution is 5.78. The Bertz CT molecular complexity index is 431. The maximum atomic E-state index is 12.7. The lowest BCUT2D eigenvalue weighted by molar-refractivity contribution is -0.121. The number of aliphatic hydroxyl groups excluding tert-OH is 1. The molecule has 1 amide bonds. The minimum Gasteiger partial charge on any atom is -0.389 e. The first kappa shape index (κ1) is 14.9. The summed E-state index contributed by atoms with van der Waals surface area (Å²) in [6.45, 7) is 1.11. The van der Waals surface area contributed by atoms with Gasteiger partial charge >= 0.3 is 0 Å². The SMILES string of the molecule is O=C(Cc1ccc(F)cc1)NCC(O)COCC1CC1. The fourth-order valence-electron chi connectivity index (χ4n) is 1.80. The summed E-state index contributed by atoms with van der Waals surface area (Å²) in [6, 6.07) is 5.79. The van der Waals surface area contributed by atoms with Crippen molar-refractivity contribution >= 4 is 5.91 Å². The summed E-state index contributed by atoms with van der Waals surface area (Å²) in [6.07, 6.45) is 1.91. The molecule has 0 bridgehead atoms. The van der Waals surface area contributed by atoms with E-state index in [4.69, 9.17) is 4.74 Å². The molecule has 0 heterocycles. The van der Waals surface area contributed by atoms with Crippen LogP contribution in [-0.4, -0.2) is 36.9 Å². The van der Waals surface area contributed by atoms with E-state index >= 15 is 0 Å². The van der Waals surface area contributed by atoms with Gasteiger partial charge in [-0.25, -0.2) is 4.39 Å². The molecular weight excluding hydrogens is 261 g/mol. The van der Waals surface area contributed by atoms with E-state index in [1.165, 1.54) is 25.0 Å². The largest absolute Gasteiger partial charge is 0.389 e. The van der Waals surface area contributed by atoms with Crippen molar-refractivity contribution in [1.82, 2.24) is 5.32 Å². The van der Waals surface area contributed by atoms with E-state index in [9.17, 15) is 14.3 Å². The Balaban J connectivity index is 1.59. The minimum atomic E-state index is -0.689. The number of benzene rings is 1. The van der Waals surface area contributed by atoms with E-state index in [2.05, 4.69) is 5.32 Å². The Morgan fingerprint density at radius 2 is 2.10 bits per heavy atom. The Labute approximate surface area is 117 Å². The average molecular weight is 281 g/mol. The van der Waals surface area contributed by atoms with Crippen molar-refractivity contribution in [2.45, 2.75) is 25.4 Å². The zero-order chi connectivity index (χ0) is 14.4. The fourth-order valence-corrected chi connectivity index (χ4v) is 1.80. The van der Waals surface area contributed by atoms with Gasteiger partial charge < -0.3 is 15.2 Å². The highest BCUT2D eigenvalue weighted by atomic mass is 19.1. The van der Waals surface area contributed by atoms with E-state index in [0.29, 0.717) is 12.5 Å². The summed E-state index contributed by atoms with van der Waals surface area (Å²) in [4.78, 5) is 11.6. The Kier molecular flexibility index (Phi) is 5.49. The zero-order valence-electron chi connectivity index (χ0n) is 11.3. The molecule has 1 atom stereocenters. The van der Waals surface area contributed by atoms with Crippen LogP contribution in [0.4, 0.5) is 4.39 Å². The monoisotopic (exact) mass is 281 g/mol. The lowest BCUT2D eigenvalue weighted by atomic mass is 10.1. The van der Waals surface area contributed by atoms with Crippen LogP contribution in [-0.2, 0) is 16.0 Å². The average Bonchev–Trinajstić information content (AvgIpc) is 3.23. The lowest BCUT2D eigenvalue weighted by Gasteiger charge is -2.12. The molecule has 0 aromatic heterocycles. The molecule has 1 saturated carbocycles. The molecule has 4 nitrogen and oxygen atoms in total. The second-order valence-electron chi connectivity index (χ2n) is 5.24. The topological polar surface area (TPSA) is 58.6 Å². The van der Waals surface area contributed by atoms with E-state index in [-0.39, 0.29) is 31.3 Å². The Morgan fingerprint density at radius 1 is 1.40 bits per heavy atom. The lowest BCUT2D eigenvalue weighted by Crippen LogP contribution is -2.35. The smallest absolute Gasteiger partial charge is 0.224 e. The fraction of sp³-hybridized carbons (Fsp3) is 0.533. The van der Waals surface area contributed by atoms with Crippen LogP contribution in [0.1, 0.15) is 18.4 Å². The molecule has 0 aliphatic heterocycles. The molecule has 1 aromatic rings. The molecule has 1 unspecified atom stereocenters. The molecule has 5 heteroatoms. The van der Waals surface area contributed by atoms with E-state index in [0.717, 1.165) is 5.56 Å². The number of hydrogen-bond donors (Lipinski definition) is 2. The van der Waals surface area contributed by atoms with Crippen molar-refractivity contribution < 1.29 is 19.0 Å². The van der Waals surface area contributed by atoms with Gasteiger partial charge in [-0.3, -0.25) is 4.79 Å². The number of ether oxygens (including phenoxy) is 1. The third-order valence-electron chi connectivity index (χ3n) is 3.17. The normalized spacial score (nSPS) is 15.9. The molecule has 1 fully saturated rings. The summed E-state index contributed by atoms with van der Waals surface area (Å²) >= 11 is 0. The first-order valence-corrected chi connectivity index (χ1v) is 6.90. The number of amides is 1. The molecule has 0 radical (unpaired) electrons. The second-order valence-corrected chi connectivity index (χ2v) is 5.24. The Morgan fingerprint density at radius 3 is 2.75 bits per heavy atom. The molecule has 1 aliphatic rings. The molecule has 2 N–H and O–H groups in total. The predicted octanol–water partition coefficient (Wildman–Crippen LogP) is 1.27. The number of nitrogens with one attached hydrogen (secondary N) is 1. The van der Waals surface area contributed by atoms with E-state index in [1.54, 1.807) is 12.1 Å². The van der Waals surface area contributed by atoms with Crippen LogP contribution in [0, 0.1) is 11.7 Å². The molecule has 110 valence electrons. The van der Waals surface area contributed by atoms with Gasteiger partial charge in [-0.15, -0.1) is 0 Å². The van der Waals surface area contributed by atoms with Crippen LogP contribution in [0.25, 0.3) is 0 Å². The number of carbonyl (C=O) groups is 1. The number of rotatable bonds is 8. The van der Waals surface area contributed by atoms with Crippen molar-refractivity contribution in [2.24, 2.45) is 5.92 Å². The second kappa shape index (κ2) is 7.36. The van der Waals surface area contributed by atoms with Crippen molar-refractivity contribution in [2.75, 3.05) is 19.8 Å². The third-order valence-corrected chi connectivity index (χ3v) is 3.17. The van der Waals surface area contributed by atoms with Gasteiger partial charge in [-0.1, -0.05) is 12.1 Å². The van der Waals surface area contributed by atoms with Crippen LogP contribution in [0.3, 0.4) is 0 Å². The number of carbonyl (C=O) groups excluding carboxylic acids is 1. The summed E-state index contributed by atoms with van der Waals surface area (Å²) in [5.74, 6) is 0.144. The molecule has 0 saturated heterocycles. The summed E-state index contributed by atoms with van der Waals surface area (Å²) < 4.78 is 18.1. The standard InChI is InChI=1S/C15H20FNO3/c16-13-5-3-11(4-6-13)7-15(19)17-8-14(18)10-20-9-12-1-2-12/h3-6,12,14,18H,1-2,7-10H2,(H,17,19). The van der Waals surface area contributed by atoms with E-state index < -0.39 is 6.10 Å². The van der Waals surface area contributed by atoms with Crippen LogP contribution >= 0.6 is 0 Å². The molecule has 1 aromatic carbocycles. The van der Waals surface area contributed by atoms with Gasteiger partial charge in [0.2, 0.25) is 5.91 Å². The predicted molar refractivity (Wildman–Crippen MR) is 72.7 cm³/mol. The van der Waals surface area contributed by atoms with Crippen molar-refractivity contribution in [3.63, 3.8) is 0 Å². The maximum Gasteiger partial charge on any atom is 0.224 e. The summed E-state index contributed by atoms with van der Waals surface area (Å²) in [5.41, 5.74) is 0.739. The van der Waals surface area contributed by atoms with Crippen LogP contribution in [0.15, 0.2) is 24.3 Å². The van der Waals surface area contributed by atoms with Gasteiger partial charge in [0.25, 0.3) is 0 Å². The van der Waals surface area contributed by atoms with Gasteiger partial charge in [-0.2, -0.15) is 0 Å².